The number of carbonyl (C=O) groups is 1. The van der Waals surface area contributed by atoms with Gasteiger partial charge in [0.1, 0.15) is 0 Å². The SMILES string of the molecule is CCCCN(CC)C(=O)/C=C/c1ccc(Cl)cc1. The van der Waals surface area contributed by atoms with Crippen molar-refractivity contribution >= 4 is 23.6 Å². The molecule has 1 rings (SSSR count). The molecule has 18 heavy (non-hydrogen) atoms. The highest BCUT2D eigenvalue weighted by Crippen LogP contribution is 2.10. The molecule has 0 heterocycles. The van der Waals surface area contributed by atoms with Crippen molar-refractivity contribution in [2.45, 2.75) is 26.7 Å². The van der Waals surface area contributed by atoms with Crippen molar-refractivity contribution in [3.05, 3.63) is 40.9 Å². The van der Waals surface area contributed by atoms with Crippen molar-refractivity contribution in [3.8, 4) is 0 Å². The first-order valence-corrected chi connectivity index (χ1v) is 6.77. The zero-order valence-corrected chi connectivity index (χ0v) is 11.8. The predicted molar refractivity (Wildman–Crippen MR) is 77.6 cm³/mol. The Morgan fingerprint density at radius 2 is 1.94 bits per heavy atom. The summed E-state index contributed by atoms with van der Waals surface area (Å²) in [4.78, 5) is 13.8. The van der Waals surface area contributed by atoms with Gasteiger partial charge in [0.05, 0.1) is 0 Å². The summed E-state index contributed by atoms with van der Waals surface area (Å²) in [6.07, 6.45) is 5.61. The molecule has 1 aromatic carbocycles. The highest BCUT2D eigenvalue weighted by Gasteiger charge is 2.06. The Morgan fingerprint density at radius 1 is 1.28 bits per heavy atom. The van der Waals surface area contributed by atoms with E-state index < -0.39 is 0 Å². The number of rotatable bonds is 6. The number of likely N-dealkylation sites (N-methyl/N-ethyl adjacent to an activating group) is 1. The van der Waals surface area contributed by atoms with Crippen LogP contribution in [-0.2, 0) is 4.79 Å². The predicted octanol–water partition coefficient (Wildman–Crippen LogP) is 4.00. The Labute approximate surface area is 114 Å². The fourth-order valence-corrected chi connectivity index (χ4v) is 1.75. The number of carbonyl (C=O) groups excluding carboxylic acids is 1. The van der Waals surface area contributed by atoms with Gasteiger partial charge in [-0.05, 0) is 37.1 Å². The van der Waals surface area contributed by atoms with Crippen LogP contribution < -0.4 is 0 Å². The largest absolute Gasteiger partial charge is 0.339 e. The number of amides is 1. The van der Waals surface area contributed by atoms with Gasteiger partial charge in [0, 0.05) is 24.2 Å². The monoisotopic (exact) mass is 265 g/mol. The molecule has 0 aromatic heterocycles. The maximum absolute atomic E-state index is 11.9. The average molecular weight is 266 g/mol. The van der Waals surface area contributed by atoms with E-state index in [2.05, 4.69) is 6.92 Å². The molecule has 98 valence electrons. The summed E-state index contributed by atoms with van der Waals surface area (Å²) in [5.41, 5.74) is 0.985. The summed E-state index contributed by atoms with van der Waals surface area (Å²) in [7, 11) is 0. The number of hydrogen-bond donors (Lipinski definition) is 0. The Morgan fingerprint density at radius 3 is 2.50 bits per heavy atom. The van der Waals surface area contributed by atoms with Crippen LogP contribution in [0.15, 0.2) is 30.3 Å². The third kappa shape index (κ3) is 4.92. The fraction of sp³-hybridized carbons (Fsp3) is 0.400. The van der Waals surface area contributed by atoms with E-state index in [1.54, 1.807) is 6.08 Å². The van der Waals surface area contributed by atoms with Crippen LogP contribution in [0, 0.1) is 0 Å². The summed E-state index contributed by atoms with van der Waals surface area (Å²) < 4.78 is 0. The van der Waals surface area contributed by atoms with Gasteiger partial charge in [-0.2, -0.15) is 0 Å². The molecule has 0 spiro atoms. The summed E-state index contributed by atoms with van der Waals surface area (Å²) >= 11 is 5.81. The Balaban J connectivity index is 2.59. The highest BCUT2D eigenvalue weighted by molar-refractivity contribution is 6.30. The molecular weight excluding hydrogens is 246 g/mol. The number of nitrogens with zero attached hydrogens (tertiary/aromatic N) is 1. The molecule has 0 aliphatic rings. The molecule has 2 nitrogen and oxygen atoms in total. The number of benzene rings is 1. The van der Waals surface area contributed by atoms with Gasteiger partial charge in [0.2, 0.25) is 5.91 Å². The van der Waals surface area contributed by atoms with E-state index in [1.807, 2.05) is 42.2 Å². The van der Waals surface area contributed by atoms with E-state index in [4.69, 9.17) is 11.6 Å². The van der Waals surface area contributed by atoms with E-state index in [1.165, 1.54) is 0 Å². The molecule has 0 aliphatic heterocycles. The van der Waals surface area contributed by atoms with Crippen molar-refractivity contribution in [3.63, 3.8) is 0 Å². The minimum Gasteiger partial charge on any atom is -0.339 e. The maximum Gasteiger partial charge on any atom is 0.246 e. The molecule has 0 radical (unpaired) electrons. The van der Waals surface area contributed by atoms with Gasteiger partial charge in [0.25, 0.3) is 0 Å². The molecule has 3 heteroatoms. The van der Waals surface area contributed by atoms with Crippen molar-refractivity contribution in [1.29, 1.82) is 0 Å². The van der Waals surface area contributed by atoms with Crippen LogP contribution in [-0.4, -0.2) is 23.9 Å². The molecule has 0 saturated heterocycles. The smallest absolute Gasteiger partial charge is 0.246 e. The highest BCUT2D eigenvalue weighted by atomic mass is 35.5. The van der Waals surface area contributed by atoms with Crippen molar-refractivity contribution in [1.82, 2.24) is 4.90 Å². The fourth-order valence-electron chi connectivity index (χ4n) is 1.62. The average Bonchev–Trinajstić information content (AvgIpc) is 2.39. The first-order valence-electron chi connectivity index (χ1n) is 6.40. The van der Waals surface area contributed by atoms with E-state index >= 15 is 0 Å². The van der Waals surface area contributed by atoms with Gasteiger partial charge in [-0.1, -0.05) is 37.1 Å². The van der Waals surface area contributed by atoms with E-state index in [0.29, 0.717) is 5.02 Å². The zero-order valence-electron chi connectivity index (χ0n) is 11.0. The Kier molecular flexibility index (Phi) is 6.51. The number of hydrogen-bond acceptors (Lipinski definition) is 1. The van der Waals surface area contributed by atoms with Crippen LogP contribution in [0.5, 0.6) is 0 Å². The van der Waals surface area contributed by atoms with E-state index in [-0.39, 0.29) is 5.91 Å². The zero-order chi connectivity index (χ0) is 13.4. The van der Waals surface area contributed by atoms with Gasteiger partial charge < -0.3 is 4.90 Å². The summed E-state index contributed by atoms with van der Waals surface area (Å²) in [6.45, 7) is 5.71. The third-order valence-corrected chi connectivity index (χ3v) is 3.02. The summed E-state index contributed by atoms with van der Waals surface area (Å²) in [5, 5.41) is 0.705. The minimum absolute atomic E-state index is 0.0703. The second-order valence-electron chi connectivity index (χ2n) is 4.16. The summed E-state index contributed by atoms with van der Waals surface area (Å²) in [5.74, 6) is 0.0703. The van der Waals surface area contributed by atoms with E-state index in [9.17, 15) is 4.79 Å². The van der Waals surface area contributed by atoms with Gasteiger partial charge >= 0.3 is 0 Å². The third-order valence-electron chi connectivity index (χ3n) is 2.76. The lowest BCUT2D eigenvalue weighted by Gasteiger charge is -2.18. The van der Waals surface area contributed by atoms with Gasteiger partial charge in [0.15, 0.2) is 0 Å². The number of halogens is 1. The lowest BCUT2D eigenvalue weighted by molar-refractivity contribution is -0.125. The van der Waals surface area contributed by atoms with Crippen molar-refractivity contribution < 1.29 is 4.79 Å². The molecule has 1 aromatic rings. The second kappa shape index (κ2) is 7.93. The van der Waals surface area contributed by atoms with Crippen molar-refractivity contribution in [2.24, 2.45) is 0 Å². The van der Waals surface area contributed by atoms with Gasteiger partial charge in [-0.25, -0.2) is 0 Å². The lowest BCUT2D eigenvalue weighted by atomic mass is 10.2. The second-order valence-corrected chi connectivity index (χ2v) is 4.59. The minimum atomic E-state index is 0.0703. The molecule has 0 fully saturated rings. The molecule has 0 atom stereocenters. The normalized spacial score (nSPS) is 10.8. The topological polar surface area (TPSA) is 20.3 Å². The van der Waals surface area contributed by atoms with Crippen LogP contribution in [0.3, 0.4) is 0 Å². The van der Waals surface area contributed by atoms with Crippen molar-refractivity contribution in [2.75, 3.05) is 13.1 Å². The molecule has 0 unspecified atom stereocenters. The molecule has 1 amide bonds. The lowest BCUT2D eigenvalue weighted by Crippen LogP contribution is -2.30. The molecule has 0 aliphatic carbocycles. The van der Waals surface area contributed by atoms with Gasteiger partial charge in [-0.3, -0.25) is 4.79 Å². The Bertz CT molecular complexity index is 397. The molecule has 0 N–H and O–H groups in total. The first-order chi connectivity index (χ1) is 8.67. The van der Waals surface area contributed by atoms with Crippen LogP contribution in [0.25, 0.3) is 6.08 Å². The summed E-state index contributed by atoms with van der Waals surface area (Å²) in [6, 6.07) is 7.43. The quantitative estimate of drug-likeness (QED) is 0.712. The van der Waals surface area contributed by atoms with Crippen LogP contribution in [0.2, 0.25) is 5.02 Å². The number of unbranched alkanes of at least 4 members (excludes halogenated alkanes) is 1. The van der Waals surface area contributed by atoms with Crippen LogP contribution >= 0.6 is 11.6 Å². The van der Waals surface area contributed by atoms with E-state index in [0.717, 1.165) is 31.5 Å². The molecule has 0 bridgehead atoms. The van der Waals surface area contributed by atoms with Crippen LogP contribution in [0.1, 0.15) is 32.3 Å². The first kappa shape index (κ1) is 14.8. The van der Waals surface area contributed by atoms with Gasteiger partial charge in [-0.15, -0.1) is 0 Å². The molecule has 0 saturated carbocycles. The molecular formula is C15H20ClNO. The van der Waals surface area contributed by atoms with Crippen LogP contribution in [0.4, 0.5) is 0 Å². The maximum atomic E-state index is 11.9. The standard InChI is InChI=1S/C15H20ClNO/c1-3-5-12-17(4-2)15(18)11-8-13-6-9-14(16)10-7-13/h6-11H,3-5,12H2,1-2H3/b11-8+. The Hall–Kier alpha value is -1.28.